The zero-order chi connectivity index (χ0) is 52.5. The number of aliphatic hydroxyl groups excluding tert-OH is 1. The number of fused-ring (bicyclic) bond motifs is 5. The number of hydrogen-bond donors (Lipinski definition) is 8. The largest absolute Gasteiger partial charge is 0.490 e. The average Bonchev–Trinajstić information content (AvgIpc) is 3.97. The molecule has 396 valence electrons. The van der Waals surface area contributed by atoms with Crippen LogP contribution in [0.25, 0.3) is 16.7 Å². The van der Waals surface area contributed by atoms with Crippen LogP contribution in [0.3, 0.4) is 0 Å². The summed E-state index contributed by atoms with van der Waals surface area (Å²) in [5.74, 6) is 0.346. The monoisotopic (exact) mass is 1080 g/mol. The number of aromatic nitrogens is 4. The van der Waals surface area contributed by atoms with E-state index in [9.17, 15) is 43.3 Å². The number of nitrogens with zero attached hydrogens (tertiary/aromatic N) is 6. The van der Waals surface area contributed by atoms with E-state index in [4.69, 9.17) is 19.3 Å². The second-order valence-corrected chi connectivity index (χ2v) is 22.7. The second kappa shape index (κ2) is 22.0. The van der Waals surface area contributed by atoms with Crippen LogP contribution in [-0.2, 0) is 44.4 Å². The number of aliphatic hydroxyl groups is 1. The molecule has 4 aliphatic rings. The molecule has 5 atom stereocenters. The lowest BCUT2D eigenvalue weighted by molar-refractivity contribution is -0.0423. The topological polar surface area (TPSA) is 327 Å². The van der Waals surface area contributed by atoms with E-state index in [1.54, 1.807) is 12.1 Å². The Morgan fingerprint density at radius 1 is 0.878 bits per heavy atom. The molecule has 9 rings (SSSR count). The smallest absolute Gasteiger partial charge is 0.478 e. The lowest BCUT2D eigenvalue weighted by Crippen LogP contribution is -2.39. The lowest BCUT2D eigenvalue weighted by atomic mass is 9.85. The van der Waals surface area contributed by atoms with Crippen molar-refractivity contribution in [3.63, 3.8) is 0 Å². The quantitative estimate of drug-likeness (QED) is 0.0279. The molecular weight excluding hydrogens is 1030 g/mol. The summed E-state index contributed by atoms with van der Waals surface area (Å²) in [5, 5.41) is 29.5. The van der Waals surface area contributed by atoms with Crippen LogP contribution in [0.5, 0.6) is 11.5 Å². The molecule has 0 spiro atoms. The van der Waals surface area contributed by atoms with Crippen molar-refractivity contribution in [2.24, 2.45) is 0 Å². The number of unbranched alkanes of at least 4 members (excludes halogenated alkanes) is 3. The number of aryl methyl sites for hydroxylation is 2. The van der Waals surface area contributed by atoms with Gasteiger partial charge in [-0.05, 0) is 87.4 Å². The van der Waals surface area contributed by atoms with E-state index in [1.165, 1.54) is 34.4 Å². The van der Waals surface area contributed by atoms with E-state index >= 15 is 0 Å². The van der Waals surface area contributed by atoms with Crippen LogP contribution in [0.2, 0.25) is 0 Å². The number of aromatic carboxylic acids is 1. The van der Waals surface area contributed by atoms with Crippen LogP contribution in [0, 0.1) is 0 Å². The molecule has 8 N–H and O–H groups in total. The van der Waals surface area contributed by atoms with Crippen molar-refractivity contribution in [1.29, 1.82) is 0 Å². The molecule has 4 aliphatic heterocycles. The van der Waals surface area contributed by atoms with E-state index in [1.807, 2.05) is 0 Å². The summed E-state index contributed by atoms with van der Waals surface area (Å²) in [6.45, 7) is 7.98. The number of phosphoric ester groups is 1. The first-order valence-corrected chi connectivity index (χ1v) is 28.9. The second-order valence-electron chi connectivity index (χ2n) is 18.3. The van der Waals surface area contributed by atoms with E-state index in [2.05, 4.69) is 86.3 Å². The summed E-state index contributed by atoms with van der Waals surface area (Å²) >= 11 is 0. The zero-order valence-electron chi connectivity index (χ0n) is 40.5. The summed E-state index contributed by atoms with van der Waals surface area (Å²) < 4.78 is 63.3. The molecule has 2 unspecified atom stereocenters. The number of imidazole rings is 1. The highest BCUT2D eigenvalue weighted by Crippen LogP contribution is 2.66. The van der Waals surface area contributed by atoms with E-state index < -0.39 is 54.5 Å². The Kier molecular flexibility index (Phi) is 15.9. The van der Waals surface area contributed by atoms with Crippen molar-refractivity contribution >= 4 is 63.6 Å². The maximum atomic E-state index is 13.8. The van der Waals surface area contributed by atoms with Gasteiger partial charge in [-0.25, -0.2) is 38.0 Å². The van der Waals surface area contributed by atoms with Gasteiger partial charge in [-0.3, -0.25) is 13.9 Å². The van der Waals surface area contributed by atoms with Crippen LogP contribution < -0.4 is 35.4 Å². The van der Waals surface area contributed by atoms with Gasteiger partial charge in [-0.15, -0.1) is 0 Å². The van der Waals surface area contributed by atoms with Crippen molar-refractivity contribution in [2.45, 2.75) is 90.1 Å². The number of anilines is 2. The molecule has 27 heteroatoms. The third kappa shape index (κ3) is 11.8. The Hall–Kier alpha value is -5.45. The molecule has 3 aromatic carbocycles. The van der Waals surface area contributed by atoms with Crippen molar-refractivity contribution < 1.29 is 75.7 Å². The molecule has 0 aliphatic carbocycles. The third-order valence-corrected chi connectivity index (χ3v) is 17.3. The maximum absolute atomic E-state index is 13.8. The number of amides is 1. The number of benzene rings is 3. The van der Waals surface area contributed by atoms with Crippen LogP contribution in [-0.4, -0.2) is 119 Å². The minimum absolute atomic E-state index is 0.0417. The fraction of sp³-hybridized carbons (Fsp3) is 0.447. The SMILES string of the molecule is CCN1CCCc2cc3c(cc21)Oc1cc2c(cc1=C3c1cc(C(=O)NCCCCCCNc3ncnc4c3ncn4[C@H]3C[C@H](O)[C@@H](COP(=O)(O)OP(=O)(O)OP(=O)(O)O)O3)ccc1C(=O)O)CCC[N+]=2CC. The summed E-state index contributed by atoms with van der Waals surface area (Å²) in [5.41, 5.74) is 6.66. The molecule has 1 amide bonds. The number of carboxylic acid groups (broad SMARTS) is 1. The highest BCUT2D eigenvalue weighted by Gasteiger charge is 2.43. The fourth-order valence-corrected chi connectivity index (χ4v) is 13.1. The molecule has 2 aromatic heterocycles. The number of rotatable bonds is 21. The van der Waals surface area contributed by atoms with Gasteiger partial charge >= 0.3 is 29.4 Å². The molecule has 0 radical (unpaired) electrons. The fourth-order valence-electron chi connectivity index (χ4n) is 10.0. The summed E-state index contributed by atoms with van der Waals surface area (Å²) in [4.78, 5) is 78.9. The number of hydrogen-bond acceptors (Lipinski definition) is 16. The molecule has 0 saturated carbocycles. The number of phosphoric acid groups is 3. The minimum Gasteiger partial charge on any atom is -0.478 e. The average molecular weight is 1080 g/mol. The number of carbonyl (C=O) groups is 2. The van der Waals surface area contributed by atoms with Gasteiger partial charge in [0.2, 0.25) is 5.36 Å². The minimum atomic E-state index is -5.72. The molecular formula is C47H58N8O16P3+. The van der Waals surface area contributed by atoms with E-state index in [-0.39, 0.29) is 17.9 Å². The van der Waals surface area contributed by atoms with Gasteiger partial charge in [-0.2, -0.15) is 8.62 Å². The number of ether oxygens (including phenoxy) is 2. The Labute approximate surface area is 424 Å². The molecule has 1 fully saturated rings. The zero-order valence-corrected chi connectivity index (χ0v) is 43.2. The molecule has 6 heterocycles. The lowest BCUT2D eigenvalue weighted by Gasteiger charge is -2.32. The molecule has 5 aromatic rings. The van der Waals surface area contributed by atoms with Gasteiger partial charge in [0.1, 0.15) is 43.2 Å². The molecule has 1 saturated heterocycles. The standard InChI is InChI=1S/C47H57N8O16P3/c1-3-53-17-9-11-28-19-33-38(22-35(28)53)68-39-23-36-29(12-10-18-54(36)4-2)20-34(39)42(33)32-21-30(13-14-31(32)47(58)59)46(57)49-16-8-6-5-7-15-48-44-43-45(51-26-50-44)55(27-52-43)41-24-37(56)40(69-41)25-67-73(63,64)71-74(65,66)70-72(60,61)62/h13-14,19-23,26-27,37,40-41,56H,3-12,15-18,24-25H2,1-2H3,(H6-,48,49,50,51,57,58,59,60,61,62,63,64,65,66)/p+1/t37-,40+,41+/m0/s1. The van der Waals surface area contributed by atoms with Crippen LogP contribution >= 0.6 is 23.5 Å². The van der Waals surface area contributed by atoms with Gasteiger partial charge in [0.25, 0.3) is 5.91 Å². The van der Waals surface area contributed by atoms with Crippen molar-refractivity contribution in [3.8, 4) is 11.5 Å². The van der Waals surface area contributed by atoms with Crippen molar-refractivity contribution in [3.05, 3.63) is 99.1 Å². The van der Waals surface area contributed by atoms with Gasteiger partial charge in [0, 0.05) is 78.3 Å². The first kappa shape index (κ1) is 53.4. The highest BCUT2D eigenvalue weighted by molar-refractivity contribution is 7.66. The molecule has 74 heavy (non-hydrogen) atoms. The Bertz CT molecular complexity index is 3280. The summed E-state index contributed by atoms with van der Waals surface area (Å²) in [7, 11) is -16.7. The Morgan fingerprint density at radius 2 is 1.66 bits per heavy atom. The van der Waals surface area contributed by atoms with Crippen LogP contribution in [0.15, 0.2) is 55.1 Å². The van der Waals surface area contributed by atoms with Crippen LogP contribution in [0.4, 0.5) is 11.5 Å². The Morgan fingerprint density at radius 3 is 2.42 bits per heavy atom. The highest BCUT2D eigenvalue weighted by atomic mass is 31.3. The van der Waals surface area contributed by atoms with Crippen molar-refractivity contribution in [2.75, 3.05) is 56.1 Å². The van der Waals surface area contributed by atoms with Gasteiger partial charge in [-0.1, -0.05) is 12.8 Å². The number of carbonyl (C=O) groups excluding carboxylic acids is 1. The number of nitrogens with one attached hydrogen (secondary N) is 2. The van der Waals surface area contributed by atoms with Gasteiger partial charge < -0.3 is 54.8 Å². The Balaban J connectivity index is 0.813. The van der Waals surface area contributed by atoms with Crippen molar-refractivity contribution in [1.82, 2.24) is 29.4 Å². The summed E-state index contributed by atoms with van der Waals surface area (Å²) in [6.07, 6.45) is 6.16. The predicted molar refractivity (Wildman–Crippen MR) is 267 cm³/mol. The van der Waals surface area contributed by atoms with E-state index in [0.29, 0.717) is 59.1 Å². The predicted octanol–water partition coefficient (Wildman–Crippen LogP) is 4.50. The first-order valence-electron chi connectivity index (χ1n) is 24.4. The van der Waals surface area contributed by atoms with Crippen LogP contribution in [0.1, 0.15) is 108 Å². The molecule has 0 bridgehead atoms. The first-order chi connectivity index (χ1) is 35.3. The van der Waals surface area contributed by atoms with Gasteiger partial charge in [0.05, 0.1) is 30.7 Å². The normalized spacial score (nSPS) is 19.9. The summed E-state index contributed by atoms with van der Waals surface area (Å²) in [6, 6.07) is 13.3. The van der Waals surface area contributed by atoms with E-state index in [0.717, 1.165) is 98.5 Å². The molecule has 24 nitrogen and oxygen atoms in total. The third-order valence-electron chi connectivity index (χ3n) is 13.5. The number of carboxylic acids is 1. The van der Waals surface area contributed by atoms with Gasteiger partial charge in [0.15, 0.2) is 17.0 Å². The maximum Gasteiger partial charge on any atom is 0.490 e.